The minimum absolute atomic E-state index is 0.0570. The number of rotatable bonds is 7. The van der Waals surface area contributed by atoms with E-state index >= 15 is 0 Å². The van der Waals surface area contributed by atoms with Crippen LogP contribution in [0.2, 0.25) is 0 Å². The Bertz CT molecular complexity index is 379. The molecule has 1 amide bonds. The number of nitrogens with one attached hydrogen (secondary N) is 1. The third-order valence-corrected chi connectivity index (χ3v) is 3.21. The highest BCUT2D eigenvalue weighted by atomic mass is 16.1. The van der Waals surface area contributed by atoms with E-state index in [0.717, 1.165) is 30.6 Å². The predicted octanol–water partition coefficient (Wildman–Crippen LogP) is 2.48. The van der Waals surface area contributed by atoms with Crippen molar-refractivity contribution in [2.75, 3.05) is 11.9 Å². The van der Waals surface area contributed by atoms with E-state index in [1.807, 2.05) is 19.1 Å². The van der Waals surface area contributed by atoms with Gasteiger partial charge in [0.15, 0.2) is 0 Å². The number of anilines is 1. The largest absolute Gasteiger partial charge is 0.330 e. The molecule has 0 aliphatic heterocycles. The molecule has 0 bridgehead atoms. The van der Waals surface area contributed by atoms with E-state index in [9.17, 15) is 4.79 Å². The summed E-state index contributed by atoms with van der Waals surface area (Å²) >= 11 is 0. The monoisotopic (exact) mass is 249 g/mol. The van der Waals surface area contributed by atoms with Gasteiger partial charge >= 0.3 is 0 Å². The Labute approximate surface area is 109 Å². The fourth-order valence-corrected chi connectivity index (χ4v) is 1.95. The summed E-state index contributed by atoms with van der Waals surface area (Å²) in [6.07, 6.45) is 5.25. The second-order valence-corrected chi connectivity index (χ2v) is 4.57. The van der Waals surface area contributed by atoms with Crippen LogP contribution in [0, 0.1) is 12.8 Å². The lowest BCUT2D eigenvalue weighted by atomic mass is 9.96. The van der Waals surface area contributed by atoms with Crippen LogP contribution >= 0.6 is 0 Å². The van der Waals surface area contributed by atoms with Gasteiger partial charge in [-0.05, 0) is 44.4 Å². The Morgan fingerprint density at radius 3 is 2.89 bits per heavy atom. The Morgan fingerprint density at radius 2 is 2.28 bits per heavy atom. The van der Waals surface area contributed by atoms with Crippen LogP contribution in [-0.2, 0) is 4.79 Å². The normalized spacial score (nSPS) is 12.2. The lowest BCUT2D eigenvalue weighted by Crippen LogP contribution is -2.15. The number of amides is 1. The molecule has 0 radical (unpaired) electrons. The first kappa shape index (κ1) is 14.6. The molecule has 18 heavy (non-hydrogen) atoms. The SMILES string of the molecule is CCC(CCN)CCC(=O)Nc1cccnc1C. The molecule has 4 heteroatoms. The smallest absolute Gasteiger partial charge is 0.224 e. The van der Waals surface area contributed by atoms with Gasteiger partial charge in [-0.2, -0.15) is 0 Å². The van der Waals surface area contributed by atoms with Gasteiger partial charge in [0.1, 0.15) is 0 Å². The molecule has 1 rings (SSSR count). The van der Waals surface area contributed by atoms with Crippen molar-refractivity contribution in [1.29, 1.82) is 0 Å². The van der Waals surface area contributed by atoms with Gasteiger partial charge in [0.25, 0.3) is 0 Å². The van der Waals surface area contributed by atoms with Crippen molar-refractivity contribution in [3.63, 3.8) is 0 Å². The van der Waals surface area contributed by atoms with E-state index in [-0.39, 0.29) is 5.91 Å². The van der Waals surface area contributed by atoms with Gasteiger partial charge in [0.05, 0.1) is 11.4 Å². The number of aromatic nitrogens is 1. The van der Waals surface area contributed by atoms with Crippen LogP contribution in [0.5, 0.6) is 0 Å². The molecule has 100 valence electrons. The molecule has 1 heterocycles. The maximum absolute atomic E-state index is 11.8. The van der Waals surface area contributed by atoms with Crippen molar-refractivity contribution in [1.82, 2.24) is 4.98 Å². The minimum atomic E-state index is 0.0570. The lowest BCUT2D eigenvalue weighted by molar-refractivity contribution is -0.116. The van der Waals surface area contributed by atoms with Gasteiger partial charge in [0.2, 0.25) is 5.91 Å². The highest BCUT2D eigenvalue weighted by Gasteiger charge is 2.10. The van der Waals surface area contributed by atoms with Gasteiger partial charge in [0, 0.05) is 12.6 Å². The van der Waals surface area contributed by atoms with E-state index in [0.29, 0.717) is 18.9 Å². The van der Waals surface area contributed by atoms with Gasteiger partial charge < -0.3 is 11.1 Å². The summed E-state index contributed by atoms with van der Waals surface area (Å²) in [5, 5.41) is 2.90. The average Bonchev–Trinajstić information content (AvgIpc) is 2.37. The highest BCUT2D eigenvalue weighted by Crippen LogP contribution is 2.16. The molecule has 0 saturated carbocycles. The second-order valence-electron chi connectivity index (χ2n) is 4.57. The number of nitrogens with zero attached hydrogens (tertiary/aromatic N) is 1. The fourth-order valence-electron chi connectivity index (χ4n) is 1.95. The summed E-state index contributed by atoms with van der Waals surface area (Å²) in [6.45, 7) is 4.73. The molecular formula is C14H23N3O. The van der Waals surface area contributed by atoms with Crippen LogP contribution in [0.15, 0.2) is 18.3 Å². The Balaban J connectivity index is 2.40. The van der Waals surface area contributed by atoms with Crippen molar-refractivity contribution >= 4 is 11.6 Å². The third-order valence-electron chi connectivity index (χ3n) is 3.21. The Kier molecular flexibility index (Phi) is 6.36. The fraction of sp³-hybridized carbons (Fsp3) is 0.571. The van der Waals surface area contributed by atoms with Crippen molar-refractivity contribution in [3.8, 4) is 0 Å². The molecule has 0 aliphatic rings. The molecule has 4 nitrogen and oxygen atoms in total. The number of hydrogen-bond donors (Lipinski definition) is 2. The lowest BCUT2D eigenvalue weighted by Gasteiger charge is -2.13. The molecule has 1 aromatic heterocycles. The first-order valence-electron chi connectivity index (χ1n) is 6.58. The number of pyridine rings is 1. The Hall–Kier alpha value is -1.42. The summed E-state index contributed by atoms with van der Waals surface area (Å²) in [4.78, 5) is 16.0. The van der Waals surface area contributed by atoms with Crippen LogP contribution in [-0.4, -0.2) is 17.4 Å². The van der Waals surface area contributed by atoms with Crippen LogP contribution in [0.1, 0.15) is 38.3 Å². The van der Waals surface area contributed by atoms with Crippen LogP contribution in [0.4, 0.5) is 5.69 Å². The maximum atomic E-state index is 11.8. The Morgan fingerprint density at radius 1 is 1.50 bits per heavy atom. The number of hydrogen-bond acceptors (Lipinski definition) is 3. The summed E-state index contributed by atoms with van der Waals surface area (Å²) < 4.78 is 0. The zero-order valence-electron chi connectivity index (χ0n) is 11.3. The van der Waals surface area contributed by atoms with Gasteiger partial charge in [-0.15, -0.1) is 0 Å². The van der Waals surface area contributed by atoms with E-state index in [1.165, 1.54) is 0 Å². The summed E-state index contributed by atoms with van der Waals surface area (Å²) in [7, 11) is 0. The molecule has 1 atom stereocenters. The molecule has 0 spiro atoms. The molecule has 0 fully saturated rings. The zero-order valence-corrected chi connectivity index (χ0v) is 11.3. The summed E-state index contributed by atoms with van der Waals surface area (Å²) in [5.74, 6) is 0.609. The number of nitrogens with two attached hydrogens (primary N) is 1. The van der Waals surface area contributed by atoms with Crippen LogP contribution in [0.25, 0.3) is 0 Å². The van der Waals surface area contributed by atoms with Crippen molar-refractivity contribution in [2.24, 2.45) is 11.7 Å². The molecule has 1 unspecified atom stereocenters. The summed E-state index contributed by atoms with van der Waals surface area (Å²) in [5.41, 5.74) is 7.19. The van der Waals surface area contributed by atoms with Gasteiger partial charge in [-0.3, -0.25) is 9.78 Å². The van der Waals surface area contributed by atoms with E-state index in [1.54, 1.807) is 6.20 Å². The van der Waals surface area contributed by atoms with Crippen molar-refractivity contribution < 1.29 is 4.79 Å². The first-order valence-corrected chi connectivity index (χ1v) is 6.58. The van der Waals surface area contributed by atoms with Crippen LogP contribution in [0.3, 0.4) is 0 Å². The van der Waals surface area contributed by atoms with Gasteiger partial charge in [-0.25, -0.2) is 0 Å². The first-order chi connectivity index (χ1) is 8.67. The van der Waals surface area contributed by atoms with E-state index < -0.39 is 0 Å². The second kappa shape index (κ2) is 7.82. The minimum Gasteiger partial charge on any atom is -0.330 e. The quantitative estimate of drug-likeness (QED) is 0.780. The summed E-state index contributed by atoms with van der Waals surface area (Å²) in [6, 6.07) is 3.70. The van der Waals surface area contributed by atoms with Gasteiger partial charge in [-0.1, -0.05) is 13.3 Å². The van der Waals surface area contributed by atoms with E-state index in [2.05, 4.69) is 17.2 Å². The predicted molar refractivity (Wildman–Crippen MR) is 74.3 cm³/mol. The maximum Gasteiger partial charge on any atom is 0.224 e. The molecule has 1 aromatic rings. The number of carbonyl (C=O) groups excluding carboxylic acids is 1. The number of aryl methyl sites for hydroxylation is 1. The standard InChI is InChI=1S/C14H23N3O/c1-3-12(8-9-15)6-7-14(18)17-13-5-4-10-16-11(13)2/h4-5,10,12H,3,6-9,15H2,1-2H3,(H,17,18). The molecule has 0 aliphatic carbocycles. The zero-order chi connectivity index (χ0) is 13.4. The molecule has 0 aromatic carbocycles. The average molecular weight is 249 g/mol. The highest BCUT2D eigenvalue weighted by molar-refractivity contribution is 5.91. The number of carbonyl (C=O) groups is 1. The molecular weight excluding hydrogens is 226 g/mol. The van der Waals surface area contributed by atoms with Crippen molar-refractivity contribution in [2.45, 2.75) is 39.5 Å². The van der Waals surface area contributed by atoms with E-state index in [4.69, 9.17) is 5.73 Å². The molecule has 3 N–H and O–H groups in total. The topological polar surface area (TPSA) is 68.0 Å². The molecule has 0 saturated heterocycles. The third kappa shape index (κ3) is 4.84. The van der Waals surface area contributed by atoms with Crippen molar-refractivity contribution in [3.05, 3.63) is 24.0 Å². The van der Waals surface area contributed by atoms with Crippen LogP contribution < -0.4 is 11.1 Å².